The summed E-state index contributed by atoms with van der Waals surface area (Å²) >= 11 is 5.97. The lowest BCUT2D eigenvalue weighted by atomic mass is 10.3. The zero-order valence-corrected chi connectivity index (χ0v) is 13.1. The topological polar surface area (TPSA) is 93.1 Å². The number of rotatable bonds is 8. The number of hydrogen-bond donors (Lipinski definition) is 2. The van der Waals surface area contributed by atoms with E-state index in [-0.39, 0.29) is 17.1 Å². The second-order valence-corrected chi connectivity index (χ2v) is 6.56. The van der Waals surface area contributed by atoms with Gasteiger partial charge in [-0.2, -0.15) is 5.10 Å². The van der Waals surface area contributed by atoms with Crippen LogP contribution in [0.4, 0.5) is 5.69 Å². The average Bonchev–Trinajstić information content (AvgIpc) is 2.37. The number of anilines is 1. The molecule has 20 heavy (non-hydrogen) atoms. The van der Waals surface area contributed by atoms with Crippen LogP contribution < -0.4 is 15.6 Å². The van der Waals surface area contributed by atoms with Crippen molar-refractivity contribution in [1.29, 1.82) is 0 Å². The van der Waals surface area contributed by atoms with Crippen LogP contribution in [0.25, 0.3) is 0 Å². The van der Waals surface area contributed by atoms with Gasteiger partial charge in [0.25, 0.3) is 5.56 Å². The first-order valence-electron chi connectivity index (χ1n) is 6.29. The summed E-state index contributed by atoms with van der Waals surface area (Å²) in [6.45, 7) is 3.07. The standard InChI is InChI=1S/C11H19ClN4O3S/c1-3-4-7-16-11(17)10(12)9(8-14-16)13-5-6-15-20(2,18)19/h8,13,15H,3-7H2,1-2H3. The second-order valence-electron chi connectivity index (χ2n) is 4.35. The molecule has 114 valence electrons. The zero-order chi connectivity index (χ0) is 15.2. The van der Waals surface area contributed by atoms with Crippen molar-refractivity contribution >= 4 is 27.3 Å². The van der Waals surface area contributed by atoms with E-state index in [1.54, 1.807) is 0 Å². The molecule has 7 nitrogen and oxygen atoms in total. The van der Waals surface area contributed by atoms with Crippen LogP contribution in [0.1, 0.15) is 19.8 Å². The summed E-state index contributed by atoms with van der Waals surface area (Å²) in [4.78, 5) is 11.9. The monoisotopic (exact) mass is 322 g/mol. The highest BCUT2D eigenvalue weighted by molar-refractivity contribution is 7.88. The Bertz CT molecular complexity index is 600. The minimum absolute atomic E-state index is 0.0652. The van der Waals surface area contributed by atoms with Crippen LogP contribution in [0.3, 0.4) is 0 Å². The lowest BCUT2D eigenvalue weighted by molar-refractivity contribution is 0.543. The Kier molecular flexibility index (Phi) is 6.44. The van der Waals surface area contributed by atoms with Crippen LogP contribution >= 0.6 is 11.6 Å². The van der Waals surface area contributed by atoms with Gasteiger partial charge in [-0.1, -0.05) is 24.9 Å². The minimum atomic E-state index is -3.22. The highest BCUT2D eigenvalue weighted by atomic mass is 35.5. The van der Waals surface area contributed by atoms with Gasteiger partial charge in [0, 0.05) is 19.6 Å². The molecule has 0 aliphatic carbocycles. The Morgan fingerprint density at radius 3 is 2.70 bits per heavy atom. The van der Waals surface area contributed by atoms with Crippen LogP contribution in [0.2, 0.25) is 5.02 Å². The van der Waals surface area contributed by atoms with Crippen LogP contribution in [0, 0.1) is 0 Å². The van der Waals surface area contributed by atoms with Crippen molar-refractivity contribution in [3.8, 4) is 0 Å². The van der Waals surface area contributed by atoms with Gasteiger partial charge in [-0.3, -0.25) is 4.79 Å². The first-order chi connectivity index (χ1) is 9.35. The fraction of sp³-hybridized carbons (Fsp3) is 0.636. The molecule has 1 heterocycles. The third-order valence-corrected chi connectivity index (χ3v) is 3.61. The molecular weight excluding hydrogens is 304 g/mol. The van der Waals surface area contributed by atoms with Crippen molar-refractivity contribution < 1.29 is 8.42 Å². The Morgan fingerprint density at radius 2 is 2.10 bits per heavy atom. The lowest BCUT2D eigenvalue weighted by Crippen LogP contribution is -2.29. The molecule has 0 spiro atoms. The molecule has 0 radical (unpaired) electrons. The van der Waals surface area contributed by atoms with E-state index >= 15 is 0 Å². The van der Waals surface area contributed by atoms with E-state index in [1.807, 2.05) is 6.92 Å². The van der Waals surface area contributed by atoms with Gasteiger partial charge in [-0.25, -0.2) is 17.8 Å². The van der Waals surface area contributed by atoms with Gasteiger partial charge >= 0.3 is 0 Å². The Labute approximate surface area is 123 Å². The number of hydrogen-bond acceptors (Lipinski definition) is 5. The van der Waals surface area contributed by atoms with Crippen molar-refractivity contribution in [2.45, 2.75) is 26.3 Å². The van der Waals surface area contributed by atoms with Crippen molar-refractivity contribution in [3.05, 3.63) is 21.6 Å². The van der Waals surface area contributed by atoms with E-state index in [0.717, 1.165) is 19.1 Å². The van der Waals surface area contributed by atoms with Gasteiger partial charge in [0.1, 0.15) is 5.02 Å². The molecule has 0 atom stereocenters. The first kappa shape index (κ1) is 16.9. The summed E-state index contributed by atoms with van der Waals surface area (Å²) < 4.78 is 25.4. The van der Waals surface area contributed by atoms with Crippen LogP contribution in [0.5, 0.6) is 0 Å². The van der Waals surface area contributed by atoms with E-state index in [4.69, 9.17) is 11.6 Å². The summed E-state index contributed by atoms with van der Waals surface area (Å²) in [6, 6.07) is 0. The van der Waals surface area contributed by atoms with Crippen molar-refractivity contribution in [1.82, 2.24) is 14.5 Å². The van der Waals surface area contributed by atoms with Gasteiger partial charge in [-0.05, 0) is 6.42 Å². The number of aromatic nitrogens is 2. The third-order valence-electron chi connectivity index (χ3n) is 2.51. The van der Waals surface area contributed by atoms with E-state index < -0.39 is 10.0 Å². The fourth-order valence-corrected chi connectivity index (χ4v) is 2.18. The van der Waals surface area contributed by atoms with Gasteiger partial charge in [0.2, 0.25) is 10.0 Å². The number of nitrogens with zero attached hydrogens (tertiary/aromatic N) is 2. The maximum absolute atomic E-state index is 11.9. The van der Waals surface area contributed by atoms with E-state index in [1.165, 1.54) is 10.9 Å². The Hall–Kier alpha value is -1.12. The molecule has 0 aliphatic rings. The van der Waals surface area contributed by atoms with E-state index in [9.17, 15) is 13.2 Å². The molecule has 0 unspecified atom stereocenters. The zero-order valence-electron chi connectivity index (χ0n) is 11.5. The molecule has 1 rings (SSSR count). The average molecular weight is 323 g/mol. The highest BCUT2D eigenvalue weighted by Gasteiger charge is 2.08. The second kappa shape index (κ2) is 7.61. The van der Waals surface area contributed by atoms with Crippen molar-refractivity contribution in [2.24, 2.45) is 0 Å². The van der Waals surface area contributed by atoms with Crippen LogP contribution in [-0.2, 0) is 16.6 Å². The third kappa shape index (κ3) is 5.48. The minimum Gasteiger partial charge on any atom is -0.381 e. The van der Waals surface area contributed by atoms with Crippen molar-refractivity contribution in [2.75, 3.05) is 24.7 Å². The molecular formula is C11H19ClN4O3S. The Morgan fingerprint density at radius 1 is 1.40 bits per heavy atom. The molecule has 1 aromatic rings. The lowest BCUT2D eigenvalue weighted by Gasteiger charge is -2.10. The number of aryl methyl sites for hydroxylation is 1. The van der Waals surface area contributed by atoms with Gasteiger partial charge < -0.3 is 5.32 Å². The maximum atomic E-state index is 11.9. The van der Waals surface area contributed by atoms with Crippen molar-refractivity contribution in [3.63, 3.8) is 0 Å². The van der Waals surface area contributed by atoms with Gasteiger partial charge in [0.15, 0.2) is 0 Å². The highest BCUT2D eigenvalue weighted by Crippen LogP contribution is 2.14. The molecule has 9 heteroatoms. The van der Waals surface area contributed by atoms with E-state index in [2.05, 4.69) is 15.1 Å². The maximum Gasteiger partial charge on any atom is 0.287 e. The van der Waals surface area contributed by atoms with Gasteiger partial charge in [-0.15, -0.1) is 0 Å². The predicted octanol–water partition coefficient (Wildman–Crippen LogP) is 0.658. The molecule has 0 saturated heterocycles. The number of unbranched alkanes of at least 4 members (excludes halogenated alkanes) is 1. The largest absolute Gasteiger partial charge is 0.381 e. The number of nitrogens with one attached hydrogen (secondary N) is 2. The number of halogens is 1. The Balaban J connectivity index is 2.64. The first-order valence-corrected chi connectivity index (χ1v) is 8.56. The molecule has 2 N–H and O–H groups in total. The molecule has 0 aromatic carbocycles. The summed E-state index contributed by atoms with van der Waals surface area (Å²) in [5.74, 6) is 0. The summed E-state index contributed by atoms with van der Waals surface area (Å²) in [6.07, 6.45) is 4.37. The van der Waals surface area contributed by atoms with Gasteiger partial charge in [0.05, 0.1) is 18.1 Å². The van der Waals surface area contributed by atoms with E-state index in [0.29, 0.717) is 18.8 Å². The molecule has 0 fully saturated rings. The molecule has 0 bridgehead atoms. The quantitative estimate of drug-likeness (QED) is 0.686. The summed E-state index contributed by atoms with van der Waals surface area (Å²) in [5, 5.41) is 6.96. The normalized spacial score (nSPS) is 11.6. The van der Waals surface area contributed by atoms with Crippen LogP contribution in [-0.4, -0.2) is 37.5 Å². The summed E-state index contributed by atoms with van der Waals surface area (Å²) in [7, 11) is -3.22. The molecule has 0 saturated carbocycles. The summed E-state index contributed by atoms with van der Waals surface area (Å²) in [5.41, 5.74) is 0.0564. The molecule has 0 amide bonds. The number of sulfonamides is 1. The SMILES string of the molecule is CCCCn1ncc(NCCNS(C)(=O)=O)c(Cl)c1=O. The smallest absolute Gasteiger partial charge is 0.287 e. The molecule has 0 aliphatic heterocycles. The fourth-order valence-electron chi connectivity index (χ4n) is 1.49. The predicted molar refractivity (Wildman–Crippen MR) is 79.8 cm³/mol. The van der Waals surface area contributed by atoms with Crippen LogP contribution in [0.15, 0.2) is 11.0 Å². The molecule has 1 aromatic heterocycles.